The van der Waals surface area contributed by atoms with E-state index in [9.17, 15) is 0 Å². The molecule has 0 radical (unpaired) electrons. The number of fused-ring (bicyclic) bond motifs is 18. The van der Waals surface area contributed by atoms with Crippen molar-refractivity contribution in [1.82, 2.24) is 8.80 Å². The lowest BCUT2D eigenvalue weighted by Gasteiger charge is -2.25. The summed E-state index contributed by atoms with van der Waals surface area (Å²) in [5, 5.41) is 14.3. The van der Waals surface area contributed by atoms with E-state index >= 15 is 0 Å². The summed E-state index contributed by atoms with van der Waals surface area (Å²) in [7, 11) is 0. The van der Waals surface area contributed by atoms with Crippen molar-refractivity contribution in [2.45, 2.75) is 0 Å². The van der Waals surface area contributed by atoms with Crippen LogP contribution in [-0.4, -0.2) is 8.80 Å². The molecule has 0 aliphatic carbocycles. The maximum atomic E-state index is 6.68. The van der Waals surface area contributed by atoms with Gasteiger partial charge in [-0.15, -0.1) is 0 Å². The first-order chi connectivity index (χ1) is 47.7. The molecule has 6 nitrogen and oxygen atoms in total. The van der Waals surface area contributed by atoms with Gasteiger partial charge in [-0.1, -0.05) is 243 Å². The molecule has 0 bridgehead atoms. The minimum atomic E-state index is 0.859. The van der Waals surface area contributed by atoms with Crippen LogP contribution in [0.15, 0.2) is 336 Å². The van der Waals surface area contributed by atoms with Crippen molar-refractivity contribution in [3.63, 3.8) is 0 Å². The monoisotopic (exact) mass is 1220 g/mol. The average Bonchev–Trinajstić information content (AvgIpc) is 1.49. The number of nitrogens with zero attached hydrogens (tertiary/aromatic N) is 4. The Labute approximate surface area is 550 Å². The molecule has 0 saturated heterocycles. The Balaban J connectivity index is 0.777. The Hall–Kier alpha value is -12.9. The van der Waals surface area contributed by atoms with Crippen molar-refractivity contribution < 1.29 is 8.83 Å². The Morgan fingerprint density at radius 3 is 0.958 bits per heavy atom. The third-order valence-electron chi connectivity index (χ3n) is 20.3. The van der Waals surface area contributed by atoms with Gasteiger partial charge in [-0.3, -0.25) is 0 Å². The minimum Gasteiger partial charge on any atom is -0.454 e. The van der Waals surface area contributed by atoms with Gasteiger partial charge in [-0.2, -0.15) is 0 Å². The van der Waals surface area contributed by atoms with E-state index < -0.39 is 0 Å². The minimum absolute atomic E-state index is 0.859. The Morgan fingerprint density at radius 1 is 0.219 bits per heavy atom. The molecule has 6 heteroatoms. The van der Waals surface area contributed by atoms with Crippen LogP contribution >= 0.6 is 0 Å². The van der Waals surface area contributed by atoms with E-state index in [4.69, 9.17) is 8.83 Å². The van der Waals surface area contributed by atoms with Gasteiger partial charge >= 0.3 is 0 Å². The molecule has 21 rings (SSSR count). The second-order valence-corrected chi connectivity index (χ2v) is 25.3. The summed E-state index contributed by atoms with van der Waals surface area (Å²) >= 11 is 0. The molecular weight excluding hydrogens is 1170 g/mol. The second-order valence-electron chi connectivity index (χ2n) is 25.3. The molecule has 446 valence electrons. The highest BCUT2D eigenvalue weighted by Gasteiger charge is 2.32. The van der Waals surface area contributed by atoms with Gasteiger partial charge in [0.1, 0.15) is 11.2 Å². The summed E-state index contributed by atoms with van der Waals surface area (Å²) in [6, 6.07) is 119. The lowest BCUT2D eigenvalue weighted by molar-refractivity contribution is 0.668. The highest BCUT2D eigenvalue weighted by atomic mass is 16.3. The fourth-order valence-electron chi connectivity index (χ4n) is 16.5. The van der Waals surface area contributed by atoms with E-state index in [0.717, 1.165) is 89.1 Å². The topological polar surface area (TPSA) is 41.6 Å². The van der Waals surface area contributed by atoms with Crippen molar-refractivity contribution in [1.29, 1.82) is 0 Å². The average molecular weight is 1220 g/mol. The molecule has 0 aliphatic heterocycles. The van der Waals surface area contributed by atoms with Crippen LogP contribution in [-0.2, 0) is 0 Å². The van der Waals surface area contributed by atoms with Gasteiger partial charge in [0.25, 0.3) is 0 Å². The van der Waals surface area contributed by atoms with E-state index in [-0.39, 0.29) is 0 Å². The van der Waals surface area contributed by atoms with Gasteiger partial charge < -0.3 is 27.4 Å². The van der Waals surface area contributed by atoms with Crippen LogP contribution in [0.1, 0.15) is 0 Å². The first kappa shape index (κ1) is 52.7. The summed E-state index contributed by atoms with van der Waals surface area (Å²) in [5.41, 5.74) is 26.3. The second kappa shape index (κ2) is 20.3. The first-order valence-electron chi connectivity index (χ1n) is 32.9. The number of anilines is 6. The molecule has 0 amide bonds. The SMILES string of the molecule is c1ccc(-c2c3c4cccc5c6c(-c7ccc(N(c8ccccc8)c8cccc9c8oc8ccccc89)cc7)cccc6n(c3c(-c3ccccc3)c3c6cccc7c8c(-c9ccc(N(c%10ccccc%10)c%10cccc%11c%10oc%10ccccc%10%11)cc9)cccc8n(c23)c76)c54)cc1. The summed E-state index contributed by atoms with van der Waals surface area (Å²) in [6.07, 6.45) is 0. The normalized spacial score (nSPS) is 12.2. The van der Waals surface area contributed by atoms with Crippen LogP contribution in [0.4, 0.5) is 34.1 Å². The molecule has 15 aromatic carbocycles. The molecule has 0 fully saturated rings. The molecule has 6 aromatic heterocycles. The Bertz CT molecular complexity index is 6260. The van der Waals surface area contributed by atoms with Crippen LogP contribution in [0.3, 0.4) is 0 Å². The lowest BCUT2D eigenvalue weighted by atomic mass is 9.89. The van der Waals surface area contributed by atoms with Crippen LogP contribution in [0, 0.1) is 0 Å². The van der Waals surface area contributed by atoms with Gasteiger partial charge in [0, 0.05) is 98.5 Å². The van der Waals surface area contributed by atoms with Crippen molar-refractivity contribution in [2.75, 3.05) is 9.80 Å². The smallest absolute Gasteiger partial charge is 0.159 e. The zero-order chi connectivity index (χ0) is 62.7. The highest BCUT2D eigenvalue weighted by molar-refractivity contribution is 6.39. The Kier molecular flexibility index (Phi) is 11.1. The van der Waals surface area contributed by atoms with Gasteiger partial charge in [0.15, 0.2) is 11.2 Å². The number of furan rings is 2. The van der Waals surface area contributed by atoms with E-state index in [1.807, 2.05) is 12.1 Å². The molecule has 0 atom stereocenters. The molecule has 0 aliphatic rings. The molecule has 0 N–H and O–H groups in total. The number of benzene rings is 15. The fourth-order valence-corrected chi connectivity index (χ4v) is 16.5. The fraction of sp³-hybridized carbons (Fsp3) is 0. The van der Waals surface area contributed by atoms with Crippen LogP contribution in [0.5, 0.6) is 0 Å². The molecular formula is C90H54N4O2. The van der Waals surface area contributed by atoms with Crippen molar-refractivity contribution >= 4 is 154 Å². The zero-order valence-corrected chi connectivity index (χ0v) is 51.8. The van der Waals surface area contributed by atoms with Crippen LogP contribution in [0.2, 0.25) is 0 Å². The van der Waals surface area contributed by atoms with Gasteiger partial charge in [-0.25, -0.2) is 0 Å². The maximum Gasteiger partial charge on any atom is 0.159 e. The lowest BCUT2D eigenvalue weighted by Crippen LogP contribution is -2.10. The van der Waals surface area contributed by atoms with E-state index in [0.29, 0.717) is 0 Å². The quantitative estimate of drug-likeness (QED) is 0.137. The van der Waals surface area contributed by atoms with Crippen molar-refractivity contribution in [2.24, 2.45) is 0 Å². The third kappa shape index (κ3) is 7.40. The summed E-state index contributed by atoms with van der Waals surface area (Å²) < 4.78 is 18.6. The van der Waals surface area contributed by atoms with Gasteiger partial charge in [0.2, 0.25) is 0 Å². The zero-order valence-electron chi connectivity index (χ0n) is 51.8. The van der Waals surface area contributed by atoms with Crippen LogP contribution in [0.25, 0.3) is 165 Å². The molecule has 0 spiro atoms. The molecule has 96 heavy (non-hydrogen) atoms. The van der Waals surface area contributed by atoms with Crippen LogP contribution < -0.4 is 9.80 Å². The summed E-state index contributed by atoms with van der Waals surface area (Å²) in [6.45, 7) is 0. The number of aromatic nitrogens is 2. The Morgan fingerprint density at radius 2 is 0.542 bits per heavy atom. The third-order valence-corrected chi connectivity index (χ3v) is 20.3. The molecule has 21 aromatic rings. The van der Waals surface area contributed by atoms with Gasteiger partial charge in [0.05, 0.1) is 44.5 Å². The predicted molar refractivity (Wildman–Crippen MR) is 401 cm³/mol. The number of rotatable bonds is 10. The first-order valence-corrected chi connectivity index (χ1v) is 32.9. The largest absolute Gasteiger partial charge is 0.454 e. The number of hydrogen-bond donors (Lipinski definition) is 0. The summed E-state index contributed by atoms with van der Waals surface area (Å²) in [5.74, 6) is 0. The number of hydrogen-bond acceptors (Lipinski definition) is 4. The maximum absolute atomic E-state index is 6.68. The summed E-state index contributed by atoms with van der Waals surface area (Å²) in [4.78, 5) is 4.64. The highest BCUT2D eigenvalue weighted by Crippen LogP contribution is 2.56. The molecule has 0 unspecified atom stereocenters. The van der Waals surface area contributed by atoms with E-state index in [1.54, 1.807) is 0 Å². The molecule has 0 saturated carbocycles. The van der Waals surface area contributed by atoms with E-state index in [1.165, 1.54) is 110 Å². The van der Waals surface area contributed by atoms with Crippen molar-refractivity contribution in [3.05, 3.63) is 328 Å². The number of para-hydroxylation sites is 8. The molecule has 6 heterocycles. The predicted octanol–water partition coefficient (Wildman–Crippen LogP) is 25.4. The van der Waals surface area contributed by atoms with Crippen molar-refractivity contribution in [3.8, 4) is 44.5 Å². The standard InChI is InChI=1S/C90H54N4O2/c1-5-23-57(24-6-1)79-83-71-39-17-37-69-82-64(56-49-53-62(54-50-56)92(60-29-11-4-12-30-60)76-44-22-36-68-66-32-14-16-46-78(66)96-90(68)76)34-20-42-74(82)94(85(69)71)88(83)80(58-25-7-2-8-26-58)84-72-40-18-38-70-81-63(33-19-41-73(81)93(86(70)72)87(79)84)55-47-51-61(52-48-55)91(59-27-9-3-10-28-59)75-43-21-35-67-65-31-13-15-45-77(65)95-89(67)75/h1-54H. The van der Waals surface area contributed by atoms with Gasteiger partial charge in [-0.05, 0) is 118 Å². The van der Waals surface area contributed by atoms with E-state index in [2.05, 4.69) is 334 Å².